The van der Waals surface area contributed by atoms with Crippen LogP contribution in [0.2, 0.25) is 0 Å². The number of halogens is 4. The third-order valence-electron chi connectivity index (χ3n) is 4.96. The van der Waals surface area contributed by atoms with Crippen LogP contribution >= 0.6 is 15.9 Å². The van der Waals surface area contributed by atoms with E-state index in [0.717, 1.165) is 22.2 Å². The van der Waals surface area contributed by atoms with Crippen molar-refractivity contribution in [2.75, 3.05) is 18.4 Å². The maximum absolute atomic E-state index is 13.8. The molecule has 0 aromatic heterocycles. The molecule has 0 atom stereocenters. The third kappa shape index (κ3) is 4.47. The highest BCUT2D eigenvalue weighted by Crippen LogP contribution is 2.50. The zero-order valence-corrected chi connectivity index (χ0v) is 17.4. The molecular weight excluding hydrogens is 449 g/mol. The van der Waals surface area contributed by atoms with Crippen LogP contribution in [0, 0.1) is 17.5 Å². The minimum Gasteiger partial charge on any atom is -0.333 e. The molecule has 0 unspecified atom stereocenters. The molecule has 2 amide bonds. The maximum atomic E-state index is 13.8. The summed E-state index contributed by atoms with van der Waals surface area (Å²) in [5, 5.41) is 2.22. The lowest BCUT2D eigenvalue weighted by Gasteiger charge is -2.27. The number of amides is 2. The van der Waals surface area contributed by atoms with Crippen LogP contribution in [0.25, 0.3) is 0 Å². The van der Waals surface area contributed by atoms with Gasteiger partial charge in [0.2, 0.25) is 11.8 Å². The summed E-state index contributed by atoms with van der Waals surface area (Å²) >= 11 is 3.41. The van der Waals surface area contributed by atoms with Crippen molar-refractivity contribution in [1.82, 2.24) is 4.90 Å². The van der Waals surface area contributed by atoms with Gasteiger partial charge in [-0.05, 0) is 49.1 Å². The van der Waals surface area contributed by atoms with Crippen LogP contribution in [0.15, 0.2) is 40.9 Å². The van der Waals surface area contributed by atoms with Crippen LogP contribution in [0.1, 0.15) is 31.7 Å². The Balaban J connectivity index is 1.75. The smallest absolute Gasteiger partial charge is 0.244 e. The summed E-state index contributed by atoms with van der Waals surface area (Å²) in [5.41, 5.74) is -0.247. The highest BCUT2D eigenvalue weighted by Gasteiger charge is 2.53. The zero-order valence-electron chi connectivity index (χ0n) is 15.8. The number of carbonyl (C=O) groups excluding carboxylic acids is 2. The Labute approximate surface area is 175 Å². The largest absolute Gasteiger partial charge is 0.333 e. The quantitative estimate of drug-likeness (QED) is 0.594. The molecule has 3 rings (SSSR count). The SMILES string of the molecule is CCCN(CC(=O)Nc1ccc(F)c(F)c1F)C(=O)C1(c2cccc(Br)c2)CC1. The molecule has 29 heavy (non-hydrogen) atoms. The minimum atomic E-state index is -1.66. The molecule has 4 nitrogen and oxygen atoms in total. The standard InChI is InChI=1S/C21H20BrF3N2O2/c1-2-10-27(12-17(28)26-16-7-6-15(23)18(24)19(16)25)20(29)21(8-9-21)13-4-3-5-14(22)11-13/h3-7,11H,2,8-10,12H2,1H3,(H,26,28). The number of nitrogens with one attached hydrogen (secondary N) is 1. The predicted octanol–water partition coefficient (Wildman–Crippen LogP) is 4.78. The van der Waals surface area contributed by atoms with Gasteiger partial charge >= 0.3 is 0 Å². The fraction of sp³-hybridized carbons (Fsp3) is 0.333. The molecule has 1 aliphatic rings. The van der Waals surface area contributed by atoms with E-state index in [1.54, 1.807) is 0 Å². The number of anilines is 1. The molecule has 0 bridgehead atoms. The van der Waals surface area contributed by atoms with Gasteiger partial charge in [-0.3, -0.25) is 9.59 Å². The second kappa shape index (κ2) is 8.57. The molecule has 1 saturated carbocycles. The van der Waals surface area contributed by atoms with Gasteiger partial charge in [-0.2, -0.15) is 0 Å². The monoisotopic (exact) mass is 468 g/mol. The minimum absolute atomic E-state index is 0.168. The van der Waals surface area contributed by atoms with Gasteiger partial charge in [-0.15, -0.1) is 0 Å². The van der Waals surface area contributed by atoms with Gasteiger partial charge in [-0.25, -0.2) is 13.2 Å². The average molecular weight is 469 g/mol. The van der Waals surface area contributed by atoms with Crippen molar-refractivity contribution < 1.29 is 22.8 Å². The normalized spacial score (nSPS) is 14.4. The van der Waals surface area contributed by atoms with Crippen molar-refractivity contribution in [2.24, 2.45) is 0 Å². The molecule has 0 spiro atoms. The Morgan fingerprint density at radius 1 is 1.14 bits per heavy atom. The summed E-state index contributed by atoms with van der Waals surface area (Å²) in [6.45, 7) is 1.93. The van der Waals surface area contributed by atoms with Crippen molar-refractivity contribution in [3.05, 3.63) is 63.9 Å². The first-order chi connectivity index (χ1) is 13.8. The molecule has 0 aliphatic heterocycles. The molecular formula is C21H20BrF3N2O2. The van der Waals surface area contributed by atoms with Gasteiger partial charge in [0, 0.05) is 11.0 Å². The maximum Gasteiger partial charge on any atom is 0.244 e. The highest BCUT2D eigenvalue weighted by atomic mass is 79.9. The van der Waals surface area contributed by atoms with Crippen LogP contribution in [0.4, 0.5) is 18.9 Å². The van der Waals surface area contributed by atoms with Gasteiger partial charge in [0.05, 0.1) is 17.6 Å². The van der Waals surface area contributed by atoms with Crippen molar-refractivity contribution in [3.8, 4) is 0 Å². The number of nitrogens with zero attached hydrogens (tertiary/aromatic N) is 1. The Kier molecular flexibility index (Phi) is 6.31. The summed E-state index contributed by atoms with van der Waals surface area (Å²) in [6, 6.07) is 9.19. The second-order valence-electron chi connectivity index (χ2n) is 7.09. The number of benzene rings is 2. The zero-order chi connectivity index (χ0) is 21.2. The average Bonchev–Trinajstić information content (AvgIpc) is 3.50. The first kappa shape index (κ1) is 21.4. The lowest BCUT2D eigenvalue weighted by atomic mass is 9.94. The molecule has 2 aromatic carbocycles. The van der Waals surface area contributed by atoms with Crippen LogP contribution in [-0.2, 0) is 15.0 Å². The highest BCUT2D eigenvalue weighted by molar-refractivity contribution is 9.10. The molecule has 1 fully saturated rings. The molecule has 0 heterocycles. The summed E-state index contributed by atoms with van der Waals surface area (Å²) < 4.78 is 41.1. The number of hydrogen-bond donors (Lipinski definition) is 1. The van der Waals surface area contributed by atoms with E-state index in [4.69, 9.17) is 0 Å². The van der Waals surface area contributed by atoms with Crippen LogP contribution < -0.4 is 5.32 Å². The first-order valence-electron chi connectivity index (χ1n) is 9.27. The lowest BCUT2D eigenvalue weighted by Crippen LogP contribution is -2.44. The molecule has 2 aromatic rings. The van der Waals surface area contributed by atoms with Crippen molar-refractivity contribution in [1.29, 1.82) is 0 Å². The van der Waals surface area contributed by atoms with E-state index in [-0.39, 0.29) is 12.5 Å². The third-order valence-corrected chi connectivity index (χ3v) is 5.45. The van der Waals surface area contributed by atoms with E-state index in [2.05, 4.69) is 21.2 Å². The molecule has 0 radical (unpaired) electrons. The fourth-order valence-electron chi connectivity index (χ4n) is 3.35. The van der Waals surface area contributed by atoms with Crippen molar-refractivity contribution in [2.45, 2.75) is 31.6 Å². The molecule has 1 N–H and O–H groups in total. The van der Waals surface area contributed by atoms with Gasteiger partial charge in [-0.1, -0.05) is 35.0 Å². The van der Waals surface area contributed by atoms with Gasteiger partial charge < -0.3 is 10.2 Å². The van der Waals surface area contributed by atoms with E-state index >= 15 is 0 Å². The van der Waals surface area contributed by atoms with Gasteiger partial charge in [0.25, 0.3) is 0 Å². The number of rotatable bonds is 7. The van der Waals surface area contributed by atoms with Crippen LogP contribution in [0.3, 0.4) is 0 Å². The second-order valence-corrected chi connectivity index (χ2v) is 8.01. The summed E-state index contributed by atoms with van der Waals surface area (Å²) in [7, 11) is 0. The van der Waals surface area contributed by atoms with Gasteiger partial charge in [0.1, 0.15) is 0 Å². The van der Waals surface area contributed by atoms with E-state index in [1.165, 1.54) is 4.90 Å². The van der Waals surface area contributed by atoms with E-state index in [1.807, 2.05) is 31.2 Å². The van der Waals surface area contributed by atoms with E-state index < -0.39 is 34.5 Å². The van der Waals surface area contributed by atoms with Crippen molar-refractivity contribution >= 4 is 33.4 Å². The Morgan fingerprint density at radius 3 is 2.48 bits per heavy atom. The van der Waals surface area contributed by atoms with E-state index in [9.17, 15) is 22.8 Å². The summed E-state index contributed by atoms with van der Waals surface area (Å²) in [6.07, 6.45) is 2.00. The fourth-order valence-corrected chi connectivity index (χ4v) is 3.75. The van der Waals surface area contributed by atoms with E-state index in [0.29, 0.717) is 25.8 Å². The summed E-state index contributed by atoms with van der Waals surface area (Å²) in [5.74, 6) is -5.32. The summed E-state index contributed by atoms with van der Waals surface area (Å²) in [4.78, 5) is 27.1. The molecule has 8 heteroatoms. The number of carbonyl (C=O) groups is 2. The predicted molar refractivity (Wildman–Crippen MR) is 107 cm³/mol. The van der Waals surface area contributed by atoms with Crippen molar-refractivity contribution in [3.63, 3.8) is 0 Å². The Hall–Kier alpha value is -2.35. The lowest BCUT2D eigenvalue weighted by molar-refractivity contribution is -0.137. The molecule has 1 aliphatic carbocycles. The van der Waals surface area contributed by atoms with Gasteiger partial charge in [0.15, 0.2) is 17.5 Å². The van der Waals surface area contributed by atoms with Crippen LogP contribution in [-0.4, -0.2) is 29.8 Å². The van der Waals surface area contributed by atoms with Crippen LogP contribution in [0.5, 0.6) is 0 Å². The number of hydrogen-bond acceptors (Lipinski definition) is 2. The first-order valence-corrected chi connectivity index (χ1v) is 10.1. The Bertz CT molecular complexity index is 948. The Morgan fingerprint density at radius 2 is 1.86 bits per heavy atom. The molecule has 0 saturated heterocycles. The topological polar surface area (TPSA) is 49.4 Å². The molecule has 154 valence electrons.